The first kappa shape index (κ1) is 23.6. The van der Waals surface area contributed by atoms with Crippen LogP contribution in [0.25, 0.3) is 0 Å². The monoisotopic (exact) mass is 454 g/mol. The van der Waals surface area contributed by atoms with Crippen molar-refractivity contribution in [3.8, 4) is 0 Å². The van der Waals surface area contributed by atoms with Crippen molar-refractivity contribution in [3.63, 3.8) is 0 Å². The highest BCUT2D eigenvalue weighted by molar-refractivity contribution is 7.89. The first-order chi connectivity index (χ1) is 15.0. The Balaban J connectivity index is 1.44. The van der Waals surface area contributed by atoms with Gasteiger partial charge in [-0.3, -0.25) is 14.5 Å². The molecule has 31 heavy (non-hydrogen) atoms. The normalized spacial score (nSPS) is 20.8. The molecule has 0 saturated carbocycles. The SMILES string of the molecule is O=C(NCCCN1CCOCC1)C(=O)NCC1OCCCN1S(=O)(=O)c1ccccc1. The molecule has 1 aromatic carbocycles. The van der Waals surface area contributed by atoms with E-state index in [9.17, 15) is 18.0 Å². The predicted octanol–water partition coefficient (Wildman–Crippen LogP) is -0.622. The Hall–Kier alpha value is -2.05. The third kappa shape index (κ3) is 6.71. The lowest BCUT2D eigenvalue weighted by Gasteiger charge is -2.34. The number of benzene rings is 1. The second-order valence-electron chi connectivity index (χ2n) is 7.38. The zero-order chi connectivity index (χ0) is 22.1. The number of sulfonamides is 1. The minimum Gasteiger partial charge on any atom is -0.379 e. The second kappa shape index (κ2) is 11.5. The van der Waals surface area contributed by atoms with Gasteiger partial charge in [-0.15, -0.1) is 0 Å². The number of nitrogens with zero attached hydrogens (tertiary/aromatic N) is 2. The van der Waals surface area contributed by atoms with Crippen LogP contribution >= 0.6 is 0 Å². The predicted molar refractivity (Wildman–Crippen MR) is 113 cm³/mol. The molecule has 172 valence electrons. The fraction of sp³-hybridized carbons (Fsp3) is 0.600. The van der Waals surface area contributed by atoms with Crippen molar-refractivity contribution in [3.05, 3.63) is 30.3 Å². The summed E-state index contributed by atoms with van der Waals surface area (Å²) in [5.74, 6) is -1.55. The van der Waals surface area contributed by atoms with Crippen LogP contribution in [0.2, 0.25) is 0 Å². The first-order valence-corrected chi connectivity index (χ1v) is 12.0. The van der Waals surface area contributed by atoms with Crippen LogP contribution in [-0.2, 0) is 29.1 Å². The smallest absolute Gasteiger partial charge is 0.309 e. The van der Waals surface area contributed by atoms with Gasteiger partial charge in [-0.25, -0.2) is 8.42 Å². The van der Waals surface area contributed by atoms with E-state index in [1.165, 1.54) is 16.4 Å². The number of amides is 2. The molecule has 2 N–H and O–H groups in total. The van der Waals surface area contributed by atoms with Crippen LogP contribution in [0.4, 0.5) is 0 Å². The number of rotatable bonds is 8. The maximum atomic E-state index is 12.9. The highest BCUT2D eigenvalue weighted by Crippen LogP contribution is 2.21. The van der Waals surface area contributed by atoms with Crippen LogP contribution in [-0.4, -0.2) is 94.8 Å². The highest BCUT2D eigenvalue weighted by Gasteiger charge is 2.34. The van der Waals surface area contributed by atoms with Gasteiger partial charge in [0.2, 0.25) is 10.0 Å². The third-order valence-electron chi connectivity index (χ3n) is 5.19. The summed E-state index contributed by atoms with van der Waals surface area (Å²) in [7, 11) is -3.76. The van der Waals surface area contributed by atoms with Crippen LogP contribution < -0.4 is 10.6 Å². The third-order valence-corrected chi connectivity index (χ3v) is 7.09. The molecule has 0 bridgehead atoms. The molecule has 2 saturated heterocycles. The van der Waals surface area contributed by atoms with Gasteiger partial charge < -0.3 is 20.1 Å². The second-order valence-corrected chi connectivity index (χ2v) is 9.27. The van der Waals surface area contributed by atoms with Gasteiger partial charge in [0.1, 0.15) is 6.23 Å². The number of carbonyl (C=O) groups excluding carboxylic acids is 2. The van der Waals surface area contributed by atoms with Gasteiger partial charge in [0.25, 0.3) is 0 Å². The molecular formula is C20H30N4O6S. The van der Waals surface area contributed by atoms with Crippen molar-refractivity contribution >= 4 is 21.8 Å². The molecule has 0 aromatic heterocycles. The number of nitrogens with one attached hydrogen (secondary N) is 2. The van der Waals surface area contributed by atoms with Gasteiger partial charge >= 0.3 is 11.8 Å². The number of hydrogen-bond donors (Lipinski definition) is 2. The summed E-state index contributed by atoms with van der Waals surface area (Å²) in [6.45, 7) is 4.96. The zero-order valence-corrected chi connectivity index (χ0v) is 18.3. The standard InChI is InChI=1S/C20H30N4O6S/c25-19(21-8-4-9-23-11-14-29-15-12-23)20(26)22-16-18-24(10-5-13-30-18)31(27,28)17-6-2-1-3-7-17/h1-3,6-7,18H,4-5,8-16H2,(H,21,25)(H,22,26). The Labute approximate surface area is 182 Å². The fourth-order valence-electron chi connectivity index (χ4n) is 3.50. The van der Waals surface area contributed by atoms with Crippen LogP contribution in [0.1, 0.15) is 12.8 Å². The average Bonchev–Trinajstić information content (AvgIpc) is 2.81. The summed E-state index contributed by atoms with van der Waals surface area (Å²) < 4.78 is 37.9. The van der Waals surface area contributed by atoms with Crippen LogP contribution in [0.5, 0.6) is 0 Å². The molecule has 2 aliphatic heterocycles. The molecule has 0 aliphatic carbocycles. The van der Waals surface area contributed by atoms with E-state index < -0.39 is 28.1 Å². The van der Waals surface area contributed by atoms with Crippen molar-refractivity contribution < 1.29 is 27.5 Å². The van der Waals surface area contributed by atoms with Gasteiger partial charge in [0.05, 0.1) is 31.3 Å². The van der Waals surface area contributed by atoms with Gasteiger partial charge in [-0.1, -0.05) is 18.2 Å². The molecule has 10 nitrogen and oxygen atoms in total. The molecule has 1 atom stereocenters. The molecule has 1 aromatic rings. The maximum Gasteiger partial charge on any atom is 0.309 e. The Morgan fingerprint density at radius 1 is 1.00 bits per heavy atom. The largest absolute Gasteiger partial charge is 0.379 e. The van der Waals surface area contributed by atoms with E-state index in [-0.39, 0.29) is 18.0 Å². The number of morpholine rings is 1. The summed E-state index contributed by atoms with van der Waals surface area (Å²) in [5, 5.41) is 5.08. The van der Waals surface area contributed by atoms with E-state index in [0.717, 1.165) is 39.3 Å². The first-order valence-electron chi connectivity index (χ1n) is 10.5. The zero-order valence-electron chi connectivity index (χ0n) is 17.5. The molecule has 2 amide bonds. The molecule has 2 aliphatic rings. The van der Waals surface area contributed by atoms with E-state index in [2.05, 4.69) is 15.5 Å². The van der Waals surface area contributed by atoms with Crippen LogP contribution in [0.15, 0.2) is 35.2 Å². The quantitative estimate of drug-likeness (QED) is 0.397. The van der Waals surface area contributed by atoms with E-state index in [1.807, 2.05) is 0 Å². The lowest BCUT2D eigenvalue weighted by Crippen LogP contribution is -2.53. The van der Waals surface area contributed by atoms with E-state index in [4.69, 9.17) is 9.47 Å². The van der Waals surface area contributed by atoms with Gasteiger partial charge in [0.15, 0.2) is 0 Å². The van der Waals surface area contributed by atoms with Gasteiger partial charge in [-0.2, -0.15) is 4.31 Å². The van der Waals surface area contributed by atoms with Crippen molar-refractivity contribution in [2.75, 3.05) is 59.1 Å². The molecule has 2 heterocycles. The van der Waals surface area contributed by atoms with Crippen molar-refractivity contribution in [1.29, 1.82) is 0 Å². The fourth-order valence-corrected chi connectivity index (χ4v) is 5.09. The Morgan fingerprint density at radius 3 is 2.45 bits per heavy atom. The van der Waals surface area contributed by atoms with Crippen LogP contribution in [0.3, 0.4) is 0 Å². The van der Waals surface area contributed by atoms with Gasteiger partial charge in [-0.05, 0) is 31.5 Å². The summed E-state index contributed by atoms with van der Waals surface area (Å²) in [6, 6.07) is 8.08. The molecule has 0 radical (unpaired) electrons. The summed E-state index contributed by atoms with van der Waals surface area (Å²) in [4.78, 5) is 26.6. The van der Waals surface area contributed by atoms with E-state index in [0.29, 0.717) is 19.6 Å². The molecule has 1 unspecified atom stereocenters. The molecule has 3 rings (SSSR count). The van der Waals surface area contributed by atoms with E-state index >= 15 is 0 Å². The lowest BCUT2D eigenvalue weighted by molar-refractivity contribution is -0.140. The van der Waals surface area contributed by atoms with Gasteiger partial charge in [0, 0.05) is 26.2 Å². The summed E-state index contributed by atoms with van der Waals surface area (Å²) in [5.41, 5.74) is 0. The summed E-state index contributed by atoms with van der Waals surface area (Å²) in [6.07, 6.45) is 0.422. The summed E-state index contributed by atoms with van der Waals surface area (Å²) >= 11 is 0. The highest BCUT2D eigenvalue weighted by atomic mass is 32.2. The molecule has 0 spiro atoms. The average molecular weight is 455 g/mol. The van der Waals surface area contributed by atoms with Crippen molar-refractivity contribution in [2.24, 2.45) is 0 Å². The Kier molecular flexibility index (Phi) is 8.79. The van der Waals surface area contributed by atoms with E-state index in [1.54, 1.807) is 18.2 Å². The Bertz CT molecular complexity index is 829. The number of carbonyl (C=O) groups is 2. The van der Waals surface area contributed by atoms with Crippen LogP contribution in [0, 0.1) is 0 Å². The lowest BCUT2D eigenvalue weighted by atomic mass is 10.3. The van der Waals surface area contributed by atoms with Crippen molar-refractivity contribution in [1.82, 2.24) is 19.8 Å². The molecule has 11 heteroatoms. The minimum absolute atomic E-state index is 0.105. The molecular weight excluding hydrogens is 424 g/mol. The minimum atomic E-state index is -3.76. The van der Waals surface area contributed by atoms with Crippen molar-refractivity contribution in [2.45, 2.75) is 24.0 Å². The number of ether oxygens (including phenoxy) is 2. The topological polar surface area (TPSA) is 117 Å². The molecule has 2 fully saturated rings. The Morgan fingerprint density at radius 2 is 1.71 bits per heavy atom. The maximum absolute atomic E-state index is 12.9. The number of hydrogen-bond acceptors (Lipinski definition) is 7.